The fourth-order valence-corrected chi connectivity index (χ4v) is 3.19. The van der Waals surface area contributed by atoms with Crippen LogP contribution < -0.4 is 15.5 Å². The number of aryl methyl sites for hydroxylation is 2. The Bertz CT molecular complexity index is 1050. The highest BCUT2D eigenvalue weighted by molar-refractivity contribution is 6.31. The number of halogens is 1. The average Bonchev–Trinajstić information content (AvgIpc) is 2.71. The molecule has 3 rings (SSSR count). The smallest absolute Gasteiger partial charge is 0.257 e. The van der Waals surface area contributed by atoms with E-state index in [2.05, 4.69) is 15.6 Å². The molecule has 3 aromatic rings. The van der Waals surface area contributed by atoms with Crippen LogP contribution in [0.1, 0.15) is 21.5 Å². The van der Waals surface area contributed by atoms with Crippen LogP contribution >= 0.6 is 11.6 Å². The number of para-hydroxylation sites is 1. The van der Waals surface area contributed by atoms with Crippen LogP contribution in [0, 0.1) is 13.8 Å². The summed E-state index contributed by atoms with van der Waals surface area (Å²) in [4.78, 5) is 30.9. The van der Waals surface area contributed by atoms with Crippen molar-refractivity contribution in [2.45, 2.75) is 13.8 Å². The van der Waals surface area contributed by atoms with Crippen LogP contribution in [0.3, 0.4) is 0 Å². The third kappa shape index (κ3) is 5.36. The number of carbonyl (C=O) groups is 2. The minimum atomic E-state index is -0.285. The van der Waals surface area contributed by atoms with E-state index in [1.54, 1.807) is 48.3 Å². The summed E-state index contributed by atoms with van der Waals surface area (Å²) in [5.41, 5.74) is 3.87. The summed E-state index contributed by atoms with van der Waals surface area (Å²) < 4.78 is 0. The van der Waals surface area contributed by atoms with E-state index in [9.17, 15) is 9.59 Å². The molecule has 2 N–H and O–H groups in total. The van der Waals surface area contributed by atoms with Crippen LogP contribution in [0.25, 0.3) is 0 Å². The molecule has 2 aromatic carbocycles. The van der Waals surface area contributed by atoms with Gasteiger partial charge in [0.15, 0.2) is 0 Å². The van der Waals surface area contributed by atoms with E-state index >= 15 is 0 Å². The molecule has 0 saturated carbocycles. The van der Waals surface area contributed by atoms with Crippen LogP contribution in [-0.4, -0.2) is 30.4 Å². The van der Waals surface area contributed by atoms with Crippen molar-refractivity contribution >= 4 is 40.6 Å². The summed E-state index contributed by atoms with van der Waals surface area (Å²) in [6.07, 6.45) is 1.48. The summed E-state index contributed by atoms with van der Waals surface area (Å²) in [5.74, 6) is 0.164. The van der Waals surface area contributed by atoms with Gasteiger partial charge in [-0.25, -0.2) is 4.98 Å². The van der Waals surface area contributed by atoms with Gasteiger partial charge < -0.3 is 15.5 Å². The lowest BCUT2D eigenvalue weighted by Gasteiger charge is -2.19. The maximum atomic E-state index is 12.5. The van der Waals surface area contributed by atoms with Gasteiger partial charge in [0.1, 0.15) is 5.82 Å². The van der Waals surface area contributed by atoms with E-state index in [-0.39, 0.29) is 18.4 Å². The first kappa shape index (κ1) is 21.3. The van der Waals surface area contributed by atoms with Gasteiger partial charge in [0.2, 0.25) is 5.91 Å². The van der Waals surface area contributed by atoms with E-state index in [0.29, 0.717) is 22.1 Å². The molecule has 0 aliphatic heterocycles. The molecular weight excluding hydrogens is 400 g/mol. The number of anilines is 3. The summed E-state index contributed by atoms with van der Waals surface area (Å²) in [5, 5.41) is 6.28. The van der Waals surface area contributed by atoms with E-state index in [4.69, 9.17) is 11.6 Å². The summed E-state index contributed by atoms with van der Waals surface area (Å²) in [7, 11) is 1.78. The number of carbonyl (C=O) groups excluding carboxylic acids is 2. The number of hydrogen-bond acceptors (Lipinski definition) is 4. The first-order chi connectivity index (χ1) is 14.3. The van der Waals surface area contributed by atoms with Crippen molar-refractivity contribution in [1.82, 2.24) is 4.98 Å². The number of nitrogens with one attached hydrogen (secondary N) is 2. The van der Waals surface area contributed by atoms with Crippen LogP contribution in [0.2, 0.25) is 5.02 Å². The van der Waals surface area contributed by atoms with Crippen molar-refractivity contribution in [3.63, 3.8) is 0 Å². The first-order valence-corrected chi connectivity index (χ1v) is 9.81. The second kappa shape index (κ2) is 9.41. The summed E-state index contributed by atoms with van der Waals surface area (Å²) in [6.45, 7) is 4.05. The number of benzene rings is 2. The molecule has 30 heavy (non-hydrogen) atoms. The number of aromatic nitrogens is 1. The molecule has 0 fully saturated rings. The Morgan fingerprint density at radius 2 is 1.70 bits per heavy atom. The fourth-order valence-electron chi connectivity index (χ4n) is 3.00. The number of pyridine rings is 1. The van der Waals surface area contributed by atoms with Gasteiger partial charge >= 0.3 is 0 Å². The molecule has 154 valence electrons. The maximum absolute atomic E-state index is 12.5. The quantitative estimate of drug-likeness (QED) is 0.604. The van der Waals surface area contributed by atoms with Crippen molar-refractivity contribution in [3.05, 3.63) is 82.5 Å². The third-order valence-corrected chi connectivity index (χ3v) is 4.85. The zero-order valence-electron chi connectivity index (χ0n) is 17.1. The normalized spacial score (nSPS) is 10.4. The van der Waals surface area contributed by atoms with Crippen LogP contribution in [0.4, 0.5) is 17.2 Å². The Balaban J connectivity index is 1.61. The Morgan fingerprint density at radius 3 is 2.33 bits per heavy atom. The molecule has 0 aliphatic carbocycles. The van der Waals surface area contributed by atoms with Crippen LogP contribution in [0.5, 0.6) is 0 Å². The Labute approximate surface area is 180 Å². The van der Waals surface area contributed by atoms with Gasteiger partial charge in [0, 0.05) is 29.6 Å². The predicted molar refractivity (Wildman–Crippen MR) is 121 cm³/mol. The largest absolute Gasteiger partial charge is 0.350 e. The van der Waals surface area contributed by atoms with E-state index in [1.165, 1.54) is 6.20 Å². The molecule has 0 radical (unpaired) electrons. The molecule has 0 spiro atoms. The monoisotopic (exact) mass is 422 g/mol. The van der Waals surface area contributed by atoms with E-state index in [1.807, 2.05) is 32.0 Å². The Kier molecular flexibility index (Phi) is 6.69. The van der Waals surface area contributed by atoms with Crippen molar-refractivity contribution < 1.29 is 9.59 Å². The van der Waals surface area contributed by atoms with Gasteiger partial charge in [-0.3, -0.25) is 9.59 Å². The average molecular weight is 423 g/mol. The Morgan fingerprint density at radius 1 is 1.00 bits per heavy atom. The lowest BCUT2D eigenvalue weighted by molar-refractivity contribution is -0.114. The molecule has 0 unspecified atom stereocenters. The lowest BCUT2D eigenvalue weighted by atomic mass is 10.1. The van der Waals surface area contributed by atoms with Crippen molar-refractivity contribution in [1.29, 1.82) is 0 Å². The zero-order valence-corrected chi connectivity index (χ0v) is 17.8. The molecule has 0 saturated heterocycles. The highest BCUT2D eigenvalue weighted by atomic mass is 35.5. The number of amides is 2. The van der Waals surface area contributed by atoms with Crippen LogP contribution in [0.15, 0.2) is 60.8 Å². The summed E-state index contributed by atoms with van der Waals surface area (Å²) in [6, 6.07) is 16.2. The predicted octanol–water partition coefficient (Wildman–Crippen LogP) is 4.68. The van der Waals surface area contributed by atoms with Gasteiger partial charge in [0.05, 0.1) is 12.1 Å². The van der Waals surface area contributed by atoms with Gasteiger partial charge in [-0.2, -0.15) is 0 Å². The molecule has 2 amide bonds. The number of nitrogens with zero attached hydrogens (tertiary/aromatic N) is 2. The first-order valence-electron chi connectivity index (χ1n) is 9.43. The molecule has 6 nitrogen and oxygen atoms in total. The molecule has 0 aliphatic rings. The zero-order chi connectivity index (χ0) is 21.7. The van der Waals surface area contributed by atoms with Gasteiger partial charge in [-0.05, 0) is 55.3 Å². The van der Waals surface area contributed by atoms with E-state index in [0.717, 1.165) is 16.8 Å². The third-order valence-electron chi connectivity index (χ3n) is 4.61. The van der Waals surface area contributed by atoms with Gasteiger partial charge in [-0.1, -0.05) is 35.9 Å². The lowest BCUT2D eigenvalue weighted by Crippen LogP contribution is -2.31. The topological polar surface area (TPSA) is 74.3 Å². The number of rotatable bonds is 6. The second-order valence-electron chi connectivity index (χ2n) is 7.04. The molecule has 0 bridgehead atoms. The summed E-state index contributed by atoms with van der Waals surface area (Å²) >= 11 is 5.94. The minimum absolute atomic E-state index is 0.134. The second-order valence-corrected chi connectivity index (χ2v) is 7.48. The maximum Gasteiger partial charge on any atom is 0.257 e. The molecular formula is C23H23ClN4O2. The SMILES string of the molecule is Cc1cccc(C)c1NC(=O)CN(C)c1ccc(C(=O)Nc2cccc(Cl)c2)cn1. The minimum Gasteiger partial charge on any atom is -0.350 e. The molecule has 7 heteroatoms. The highest BCUT2D eigenvalue weighted by Crippen LogP contribution is 2.20. The Hall–Kier alpha value is -3.38. The number of likely N-dealkylation sites (N-methyl/N-ethyl adjacent to an activating group) is 1. The van der Waals surface area contributed by atoms with Crippen molar-refractivity contribution in [3.8, 4) is 0 Å². The van der Waals surface area contributed by atoms with Crippen LogP contribution in [-0.2, 0) is 4.79 Å². The molecule has 0 atom stereocenters. The molecule has 1 heterocycles. The highest BCUT2D eigenvalue weighted by Gasteiger charge is 2.13. The van der Waals surface area contributed by atoms with Gasteiger partial charge in [0.25, 0.3) is 5.91 Å². The van der Waals surface area contributed by atoms with Crippen molar-refractivity contribution in [2.75, 3.05) is 29.1 Å². The standard InChI is InChI=1S/C23H23ClN4O2/c1-15-6-4-7-16(2)22(15)27-21(29)14-28(3)20-11-10-17(13-25-20)23(30)26-19-9-5-8-18(24)12-19/h4-13H,14H2,1-3H3,(H,26,30)(H,27,29). The van der Waals surface area contributed by atoms with Gasteiger partial charge in [-0.15, -0.1) is 0 Å². The fraction of sp³-hybridized carbons (Fsp3) is 0.174. The van der Waals surface area contributed by atoms with Crippen molar-refractivity contribution in [2.24, 2.45) is 0 Å². The molecule has 1 aromatic heterocycles. The van der Waals surface area contributed by atoms with E-state index < -0.39 is 0 Å². The number of hydrogen-bond donors (Lipinski definition) is 2.